The molecule has 0 bridgehead atoms. The molecule has 0 aliphatic carbocycles. The van der Waals surface area contributed by atoms with Crippen LogP contribution in [0.3, 0.4) is 0 Å². The van der Waals surface area contributed by atoms with Crippen molar-refractivity contribution in [3.63, 3.8) is 0 Å². The van der Waals surface area contributed by atoms with E-state index in [9.17, 15) is 9.18 Å². The number of carbonyl (C=O) groups excluding carboxylic acids is 1. The van der Waals surface area contributed by atoms with Crippen molar-refractivity contribution in [3.8, 4) is 0 Å². The van der Waals surface area contributed by atoms with Crippen molar-refractivity contribution in [2.24, 2.45) is 0 Å². The third kappa shape index (κ3) is 4.50. The topological polar surface area (TPSA) is 89.0 Å². The number of benzene rings is 2. The number of carbonyl (C=O) groups is 1. The number of aromatic nitrogens is 3. The first-order valence-electron chi connectivity index (χ1n) is 7.77. The average molecular weight is 353 g/mol. The highest BCUT2D eigenvalue weighted by Gasteiger charge is 2.07. The quantitative estimate of drug-likeness (QED) is 0.658. The van der Waals surface area contributed by atoms with Crippen molar-refractivity contribution in [3.05, 3.63) is 71.7 Å². The third-order valence-corrected chi connectivity index (χ3v) is 3.48. The molecule has 2 N–H and O–H groups in total. The third-order valence-electron chi connectivity index (χ3n) is 3.48. The molecular formula is C18H16FN5O2. The molecule has 0 spiro atoms. The van der Waals surface area contributed by atoms with Crippen LogP contribution in [0.15, 0.2) is 54.7 Å². The van der Waals surface area contributed by atoms with Crippen LogP contribution in [0.2, 0.25) is 0 Å². The fraction of sp³-hybridized carbons (Fsp3) is 0.111. The first kappa shape index (κ1) is 17.3. The standard InChI is InChI=1S/C18H16FN5O2/c1-26-17(25)13-3-2-4-15(9-13)22-16-11-21-24-18(23-16)20-10-12-5-7-14(19)8-6-12/h2-9,11H,10H2,1H3,(H2,20,22,23,24). The number of nitrogens with zero attached hydrogens (tertiary/aromatic N) is 3. The maximum absolute atomic E-state index is 12.9. The molecule has 0 radical (unpaired) electrons. The fourth-order valence-corrected chi connectivity index (χ4v) is 2.21. The van der Waals surface area contributed by atoms with Gasteiger partial charge in [-0.3, -0.25) is 0 Å². The van der Waals surface area contributed by atoms with Crippen LogP contribution in [0, 0.1) is 5.82 Å². The van der Waals surface area contributed by atoms with Gasteiger partial charge in [0.15, 0.2) is 5.82 Å². The lowest BCUT2D eigenvalue weighted by atomic mass is 10.2. The predicted octanol–water partition coefficient (Wildman–Crippen LogP) is 3.15. The number of methoxy groups -OCH3 is 1. The summed E-state index contributed by atoms with van der Waals surface area (Å²) in [7, 11) is 1.33. The van der Waals surface area contributed by atoms with Gasteiger partial charge < -0.3 is 15.4 Å². The highest BCUT2D eigenvalue weighted by molar-refractivity contribution is 5.90. The monoisotopic (exact) mass is 353 g/mol. The van der Waals surface area contributed by atoms with Gasteiger partial charge in [0.2, 0.25) is 5.95 Å². The minimum Gasteiger partial charge on any atom is -0.465 e. The van der Waals surface area contributed by atoms with E-state index in [2.05, 4.69) is 25.8 Å². The lowest BCUT2D eigenvalue weighted by Crippen LogP contribution is -2.07. The fourth-order valence-electron chi connectivity index (χ4n) is 2.21. The maximum Gasteiger partial charge on any atom is 0.337 e. The van der Waals surface area contributed by atoms with Crippen molar-refractivity contribution in [1.82, 2.24) is 15.2 Å². The summed E-state index contributed by atoms with van der Waals surface area (Å²) in [4.78, 5) is 15.9. The minimum atomic E-state index is -0.420. The number of ether oxygens (including phenoxy) is 1. The molecule has 3 aromatic rings. The van der Waals surface area contributed by atoms with Crippen LogP contribution < -0.4 is 10.6 Å². The zero-order valence-corrected chi connectivity index (χ0v) is 13.9. The molecule has 3 rings (SSSR count). The number of nitrogens with one attached hydrogen (secondary N) is 2. The van der Waals surface area contributed by atoms with E-state index >= 15 is 0 Å². The van der Waals surface area contributed by atoms with E-state index in [0.717, 1.165) is 5.56 Å². The van der Waals surface area contributed by atoms with Crippen molar-refractivity contribution in [1.29, 1.82) is 0 Å². The van der Waals surface area contributed by atoms with E-state index in [-0.39, 0.29) is 5.82 Å². The molecule has 0 amide bonds. The van der Waals surface area contributed by atoms with Crippen LogP contribution in [0.5, 0.6) is 0 Å². The molecule has 0 fully saturated rings. The van der Waals surface area contributed by atoms with Gasteiger partial charge in [-0.2, -0.15) is 10.1 Å². The Kier molecular flexibility index (Phi) is 5.33. The van der Waals surface area contributed by atoms with E-state index < -0.39 is 5.97 Å². The molecule has 0 saturated heterocycles. The second-order valence-electron chi connectivity index (χ2n) is 5.34. The molecule has 2 aromatic carbocycles. The summed E-state index contributed by atoms with van der Waals surface area (Å²) < 4.78 is 17.6. The van der Waals surface area contributed by atoms with Crippen molar-refractivity contribution < 1.29 is 13.9 Å². The Morgan fingerprint density at radius 1 is 1.19 bits per heavy atom. The Hall–Kier alpha value is -3.55. The first-order chi connectivity index (χ1) is 12.6. The van der Waals surface area contributed by atoms with Gasteiger partial charge in [-0.15, -0.1) is 5.10 Å². The molecular weight excluding hydrogens is 337 g/mol. The number of hydrogen-bond acceptors (Lipinski definition) is 7. The largest absolute Gasteiger partial charge is 0.465 e. The average Bonchev–Trinajstić information content (AvgIpc) is 2.67. The Morgan fingerprint density at radius 2 is 2.00 bits per heavy atom. The van der Waals surface area contributed by atoms with Gasteiger partial charge in [-0.25, -0.2) is 9.18 Å². The van der Waals surface area contributed by atoms with Crippen LogP contribution >= 0.6 is 0 Å². The van der Waals surface area contributed by atoms with Gasteiger partial charge in [0.25, 0.3) is 0 Å². The van der Waals surface area contributed by atoms with E-state index in [1.165, 1.54) is 25.4 Å². The van der Waals surface area contributed by atoms with Crippen LogP contribution in [-0.4, -0.2) is 28.3 Å². The summed E-state index contributed by atoms with van der Waals surface area (Å²) in [5, 5.41) is 13.9. The Labute approximate surface area is 149 Å². The summed E-state index contributed by atoms with van der Waals surface area (Å²) in [5.41, 5.74) is 1.98. The highest BCUT2D eigenvalue weighted by atomic mass is 19.1. The van der Waals surface area contributed by atoms with Crippen LogP contribution in [0.1, 0.15) is 15.9 Å². The number of halogens is 1. The smallest absolute Gasteiger partial charge is 0.337 e. The lowest BCUT2D eigenvalue weighted by molar-refractivity contribution is 0.0601. The Balaban J connectivity index is 1.67. The van der Waals surface area contributed by atoms with Crippen molar-refractivity contribution in [2.45, 2.75) is 6.54 Å². The Morgan fingerprint density at radius 3 is 2.77 bits per heavy atom. The maximum atomic E-state index is 12.9. The molecule has 1 aromatic heterocycles. The van der Waals surface area contributed by atoms with E-state index in [1.54, 1.807) is 36.4 Å². The van der Waals surface area contributed by atoms with Gasteiger partial charge in [-0.1, -0.05) is 18.2 Å². The zero-order chi connectivity index (χ0) is 18.4. The van der Waals surface area contributed by atoms with E-state index in [1.807, 2.05) is 0 Å². The van der Waals surface area contributed by atoms with Gasteiger partial charge in [0, 0.05) is 12.2 Å². The molecule has 0 aliphatic rings. The van der Waals surface area contributed by atoms with Gasteiger partial charge in [-0.05, 0) is 35.9 Å². The van der Waals surface area contributed by atoms with Crippen LogP contribution in [0.4, 0.5) is 21.8 Å². The second-order valence-corrected chi connectivity index (χ2v) is 5.34. The number of esters is 1. The van der Waals surface area contributed by atoms with E-state index in [4.69, 9.17) is 4.74 Å². The summed E-state index contributed by atoms with van der Waals surface area (Å²) in [5.74, 6) is 0.0789. The molecule has 0 saturated carbocycles. The zero-order valence-electron chi connectivity index (χ0n) is 13.9. The second kappa shape index (κ2) is 8.02. The predicted molar refractivity (Wildman–Crippen MR) is 94.6 cm³/mol. The summed E-state index contributed by atoms with van der Waals surface area (Å²) in [6.07, 6.45) is 1.47. The molecule has 8 heteroatoms. The molecule has 0 aliphatic heterocycles. The summed E-state index contributed by atoms with van der Waals surface area (Å²) >= 11 is 0. The number of hydrogen-bond donors (Lipinski definition) is 2. The molecule has 1 heterocycles. The van der Waals surface area contributed by atoms with Gasteiger partial charge in [0.1, 0.15) is 5.82 Å². The van der Waals surface area contributed by atoms with Crippen molar-refractivity contribution >= 4 is 23.4 Å². The number of anilines is 3. The van der Waals surface area contributed by atoms with Crippen molar-refractivity contribution in [2.75, 3.05) is 17.7 Å². The SMILES string of the molecule is COC(=O)c1cccc(Nc2cnnc(NCc3ccc(F)cc3)n2)c1. The molecule has 7 nitrogen and oxygen atoms in total. The lowest BCUT2D eigenvalue weighted by Gasteiger charge is -2.08. The van der Waals surface area contributed by atoms with Gasteiger partial charge >= 0.3 is 5.97 Å². The molecule has 132 valence electrons. The van der Waals surface area contributed by atoms with Crippen LogP contribution in [0.25, 0.3) is 0 Å². The van der Waals surface area contributed by atoms with Gasteiger partial charge in [0.05, 0.1) is 18.9 Å². The minimum absolute atomic E-state index is 0.285. The van der Waals surface area contributed by atoms with Crippen LogP contribution in [-0.2, 0) is 11.3 Å². The molecule has 0 atom stereocenters. The van der Waals surface area contributed by atoms with E-state index in [0.29, 0.717) is 29.6 Å². The number of rotatable bonds is 6. The first-order valence-corrected chi connectivity index (χ1v) is 7.77. The highest BCUT2D eigenvalue weighted by Crippen LogP contribution is 2.17. The summed E-state index contributed by atoms with van der Waals surface area (Å²) in [6.45, 7) is 0.434. The molecule has 26 heavy (non-hydrogen) atoms. The Bertz CT molecular complexity index is 902. The summed E-state index contributed by atoms with van der Waals surface area (Å²) in [6, 6.07) is 13.0. The molecule has 0 unspecified atom stereocenters. The normalized spacial score (nSPS) is 10.2.